The van der Waals surface area contributed by atoms with Crippen molar-refractivity contribution in [1.29, 1.82) is 0 Å². The highest BCUT2D eigenvalue weighted by Gasteiger charge is 2.23. The standard InChI is InChI=1S/C18H18N4O3/c1-2-14-3-5-15(6-4-14)13-20-9-11-21(12-10-20)18(25)22-8-7-16(19-22)17(23)24/h1,3-8H,9-13H2,(H,23,24). The van der Waals surface area contributed by atoms with Crippen LogP contribution < -0.4 is 0 Å². The Kier molecular flexibility index (Phi) is 4.82. The van der Waals surface area contributed by atoms with Crippen molar-refractivity contribution in [3.05, 3.63) is 53.3 Å². The zero-order chi connectivity index (χ0) is 17.8. The molecule has 1 saturated heterocycles. The van der Waals surface area contributed by atoms with E-state index in [1.54, 1.807) is 4.90 Å². The van der Waals surface area contributed by atoms with Gasteiger partial charge in [0.15, 0.2) is 5.69 Å². The van der Waals surface area contributed by atoms with E-state index in [2.05, 4.69) is 15.9 Å². The monoisotopic (exact) mass is 338 g/mol. The Balaban J connectivity index is 1.54. The van der Waals surface area contributed by atoms with Crippen LogP contribution >= 0.6 is 0 Å². The molecule has 1 aliphatic rings. The molecule has 3 rings (SSSR count). The number of piperazine rings is 1. The van der Waals surface area contributed by atoms with Gasteiger partial charge < -0.3 is 10.0 Å². The first-order valence-electron chi connectivity index (χ1n) is 7.93. The van der Waals surface area contributed by atoms with Gasteiger partial charge in [-0.3, -0.25) is 4.90 Å². The van der Waals surface area contributed by atoms with E-state index in [1.165, 1.54) is 17.8 Å². The number of aromatic nitrogens is 2. The van der Waals surface area contributed by atoms with E-state index in [9.17, 15) is 9.59 Å². The van der Waals surface area contributed by atoms with Crippen LogP contribution in [0.25, 0.3) is 0 Å². The number of amides is 1. The summed E-state index contributed by atoms with van der Waals surface area (Å²) in [6.45, 7) is 3.44. The van der Waals surface area contributed by atoms with Gasteiger partial charge in [0.1, 0.15) is 0 Å². The van der Waals surface area contributed by atoms with Crippen LogP contribution in [0.15, 0.2) is 36.5 Å². The first-order valence-corrected chi connectivity index (χ1v) is 7.93. The average Bonchev–Trinajstić information content (AvgIpc) is 3.13. The molecule has 128 valence electrons. The summed E-state index contributed by atoms with van der Waals surface area (Å²) >= 11 is 0. The second kappa shape index (κ2) is 7.20. The predicted octanol–water partition coefficient (Wildman–Crippen LogP) is 1.35. The van der Waals surface area contributed by atoms with Crippen molar-refractivity contribution >= 4 is 12.0 Å². The smallest absolute Gasteiger partial charge is 0.356 e. The van der Waals surface area contributed by atoms with E-state index < -0.39 is 5.97 Å². The summed E-state index contributed by atoms with van der Waals surface area (Å²) in [5.74, 6) is 1.45. The third kappa shape index (κ3) is 3.87. The SMILES string of the molecule is C#Cc1ccc(CN2CCN(C(=O)n3ccc(C(=O)O)n3)CC2)cc1. The fourth-order valence-electron chi connectivity index (χ4n) is 2.75. The highest BCUT2D eigenvalue weighted by atomic mass is 16.4. The fraction of sp³-hybridized carbons (Fsp3) is 0.278. The van der Waals surface area contributed by atoms with E-state index >= 15 is 0 Å². The number of aromatic carboxylic acids is 1. The molecule has 0 atom stereocenters. The van der Waals surface area contributed by atoms with Crippen molar-refractivity contribution < 1.29 is 14.7 Å². The predicted molar refractivity (Wildman–Crippen MR) is 91.2 cm³/mol. The van der Waals surface area contributed by atoms with Crippen molar-refractivity contribution in [2.75, 3.05) is 26.2 Å². The lowest BCUT2D eigenvalue weighted by Crippen LogP contribution is -2.49. The summed E-state index contributed by atoms with van der Waals surface area (Å²) < 4.78 is 1.08. The third-order valence-corrected chi connectivity index (χ3v) is 4.17. The molecule has 0 spiro atoms. The Bertz CT molecular complexity index is 812. The molecule has 7 nitrogen and oxygen atoms in total. The molecular weight excluding hydrogens is 320 g/mol. The van der Waals surface area contributed by atoms with Gasteiger partial charge in [-0.25, -0.2) is 9.59 Å². The quantitative estimate of drug-likeness (QED) is 0.855. The number of hydrogen-bond donors (Lipinski definition) is 1. The maximum atomic E-state index is 12.4. The summed E-state index contributed by atoms with van der Waals surface area (Å²) in [6, 6.07) is 8.90. The maximum Gasteiger partial charge on any atom is 0.356 e. The van der Waals surface area contributed by atoms with Gasteiger partial charge in [-0.2, -0.15) is 9.78 Å². The van der Waals surface area contributed by atoms with Crippen LogP contribution in [0.4, 0.5) is 4.79 Å². The van der Waals surface area contributed by atoms with Crippen LogP contribution in [-0.2, 0) is 6.54 Å². The van der Waals surface area contributed by atoms with E-state index in [1.807, 2.05) is 24.3 Å². The molecular formula is C18H18N4O3. The molecule has 1 amide bonds. The molecule has 2 aromatic rings. The number of carbonyl (C=O) groups is 2. The molecule has 0 unspecified atom stereocenters. The van der Waals surface area contributed by atoms with Crippen LogP contribution in [0.1, 0.15) is 21.6 Å². The van der Waals surface area contributed by atoms with Crippen LogP contribution in [0.5, 0.6) is 0 Å². The van der Waals surface area contributed by atoms with Gasteiger partial charge in [0, 0.05) is 44.5 Å². The molecule has 0 bridgehead atoms. The Hall–Kier alpha value is -3.11. The zero-order valence-corrected chi connectivity index (χ0v) is 13.6. The molecule has 1 aliphatic heterocycles. The normalized spacial score (nSPS) is 14.9. The highest BCUT2D eigenvalue weighted by molar-refractivity contribution is 5.86. The number of benzene rings is 1. The molecule has 1 aromatic carbocycles. The molecule has 0 saturated carbocycles. The minimum absolute atomic E-state index is 0.137. The van der Waals surface area contributed by atoms with Crippen molar-refractivity contribution in [3.8, 4) is 12.3 Å². The number of nitrogens with zero attached hydrogens (tertiary/aromatic N) is 4. The van der Waals surface area contributed by atoms with Gasteiger partial charge in [-0.15, -0.1) is 6.42 Å². The molecule has 0 radical (unpaired) electrons. The van der Waals surface area contributed by atoms with Crippen molar-refractivity contribution in [2.24, 2.45) is 0 Å². The first kappa shape index (κ1) is 16.7. The molecule has 25 heavy (non-hydrogen) atoms. The Morgan fingerprint density at radius 1 is 1.12 bits per heavy atom. The zero-order valence-electron chi connectivity index (χ0n) is 13.6. The van der Waals surface area contributed by atoms with E-state index in [0.29, 0.717) is 13.1 Å². The average molecular weight is 338 g/mol. The minimum atomic E-state index is -1.15. The number of terminal acetylenes is 1. The second-order valence-electron chi connectivity index (χ2n) is 5.84. The van der Waals surface area contributed by atoms with Gasteiger partial charge in [-0.05, 0) is 23.8 Å². The molecule has 2 heterocycles. The topological polar surface area (TPSA) is 78.7 Å². The van der Waals surface area contributed by atoms with Crippen LogP contribution in [0, 0.1) is 12.3 Å². The molecule has 0 aliphatic carbocycles. The Morgan fingerprint density at radius 3 is 2.36 bits per heavy atom. The first-order chi connectivity index (χ1) is 12.1. The van der Waals surface area contributed by atoms with Gasteiger partial charge >= 0.3 is 12.0 Å². The largest absolute Gasteiger partial charge is 0.476 e. The molecule has 7 heteroatoms. The number of rotatable bonds is 3. The lowest BCUT2D eigenvalue weighted by atomic mass is 10.1. The lowest BCUT2D eigenvalue weighted by molar-refractivity contribution is 0.0689. The second-order valence-corrected chi connectivity index (χ2v) is 5.84. The highest BCUT2D eigenvalue weighted by Crippen LogP contribution is 2.11. The van der Waals surface area contributed by atoms with E-state index in [4.69, 9.17) is 11.5 Å². The molecule has 1 aromatic heterocycles. The number of carboxylic acid groups (broad SMARTS) is 1. The summed E-state index contributed by atoms with van der Waals surface area (Å²) in [5.41, 5.74) is 1.90. The van der Waals surface area contributed by atoms with Crippen molar-refractivity contribution in [3.63, 3.8) is 0 Å². The Morgan fingerprint density at radius 2 is 1.80 bits per heavy atom. The summed E-state index contributed by atoms with van der Waals surface area (Å²) in [4.78, 5) is 27.2. The van der Waals surface area contributed by atoms with Gasteiger partial charge in [0.2, 0.25) is 0 Å². The fourth-order valence-corrected chi connectivity index (χ4v) is 2.75. The minimum Gasteiger partial charge on any atom is -0.476 e. The molecule has 1 fully saturated rings. The number of hydrogen-bond acceptors (Lipinski definition) is 4. The third-order valence-electron chi connectivity index (χ3n) is 4.17. The lowest BCUT2D eigenvalue weighted by Gasteiger charge is -2.34. The van der Waals surface area contributed by atoms with Gasteiger partial charge in [0.05, 0.1) is 0 Å². The summed E-state index contributed by atoms with van der Waals surface area (Å²) in [7, 11) is 0. The Labute approximate surface area is 145 Å². The van der Waals surface area contributed by atoms with Crippen molar-refractivity contribution in [2.45, 2.75) is 6.54 Å². The number of carbonyl (C=O) groups excluding carboxylic acids is 1. The summed E-state index contributed by atoms with van der Waals surface area (Å²) in [6.07, 6.45) is 6.74. The summed E-state index contributed by atoms with van der Waals surface area (Å²) in [5, 5.41) is 12.7. The van der Waals surface area contributed by atoms with E-state index in [-0.39, 0.29) is 11.7 Å². The van der Waals surface area contributed by atoms with E-state index in [0.717, 1.165) is 29.9 Å². The maximum absolute atomic E-state index is 12.4. The van der Waals surface area contributed by atoms with Crippen LogP contribution in [0.3, 0.4) is 0 Å². The van der Waals surface area contributed by atoms with Crippen LogP contribution in [0.2, 0.25) is 0 Å². The van der Waals surface area contributed by atoms with Gasteiger partial charge in [0.25, 0.3) is 0 Å². The van der Waals surface area contributed by atoms with Gasteiger partial charge in [-0.1, -0.05) is 18.1 Å². The molecule has 1 N–H and O–H groups in total. The van der Waals surface area contributed by atoms with Crippen molar-refractivity contribution in [1.82, 2.24) is 19.6 Å². The van der Waals surface area contributed by atoms with Crippen LogP contribution in [-0.4, -0.2) is 62.9 Å². The number of carboxylic acids is 1.